The van der Waals surface area contributed by atoms with Crippen LogP contribution in [0.5, 0.6) is 0 Å². The summed E-state index contributed by atoms with van der Waals surface area (Å²) in [5.41, 5.74) is 5.55. The summed E-state index contributed by atoms with van der Waals surface area (Å²) in [6, 6.07) is 0. The van der Waals surface area contributed by atoms with Crippen LogP contribution < -0.4 is 5.73 Å². The zero-order valence-electron chi connectivity index (χ0n) is 8.66. The molecule has 0 radical (unpaired) electrons. The van der Waals surface area contributed by atoms with Crippen LogP contribution in [0.4, 0.5) is 0 Å². The van der Waals surface area contributed by atoms with Gasteiger partial charge in [-0.05, 0) is 19.3 Å². The van der Waals surface area contributed by atoms with Crippen molar-refractivity contribution < 1.29 is 15.0 Å². The first-order valence-corrected chi connectivity index (χ1v) is 4.57. The van der Waals surface area contributed by atoms with Crippen LogP contribution >= 0.6 is 0 Å². The van der Waals surface area contributed by atoms with Crippen LogP contribution in [0.1, 0.15) is 40.0 Å². The average Bonchev–Trinajstić information content (AvgIpc) is 2.16. The van der Waals surface area contributed by atoms with Gasteiger partial charge < -0.3 is 15.9 Å². The second kappa shape index (κ2) is 8.01. The molecular formula is C9H21NO3. The maximum Gasteiger partial charge on any atom is 0.290 e. The van der Waals surface area contributed by atoms with Crippen LogP contribution in [0, 0.1) is 0 Å². The molecule has 1 unspecified atom stereocenters. The van der Waals surface area contributed by atoms with Crippen molar-refractivity contribution in [3.05, 3.63) is 0 Å². The predicted molar refractivity (Wildman–Crippen MR) is 52.5 cm³/mol. The molecule has 0 bridgehead atoms. The van der Waals surface area contributed by atoms with Gasteiger partial charge in [-0.15, -0.1) is 0 Å². The van der Waals surface area contributed by atoms with Crippen LogP contribution in [0.25, 0.3) is 0 Å². The van der Waals surface area contributed by atoms with Crippen molar-refractivity contribution in [2.45, 2.75) is 51.7 Å². The van der Waals surface area contributed by atoms with E-state index in [1.54, 1.807) is 0 Å². The van der Waals surface area contributed by atoms with Crippen molar-refractivity contribution in [2.75, 3.05) is 0 Å². The first-order chi connectivity index (χ1) is 6.02. The monoisotopic (exact) mass is 191 g/mol. The maximum atomic E-state index is 9.45. The summed E-state index contributed by atoms with van der Waals surface area (Å²) >= 11 is 0. The van der Waals surface area contributed by atoms with Gasteiger partial charge in [-0.25, -0.2) is 0 Å². The highest BCUT2D eigenvalue weighted by molar-refractivity contribution is 5.32. The Morgan fingerprint density at radius 1 is 1.38 bits per heavy atom. The van der Waals surface area contributed by atoms with E-state index in [0.717, 1.165) is 19.3 Å². The van der Waals surface area contributed by atoms with E-state index in [4.69, 9.17) is 15.6 Å². The minimum absolute atomic E-state index is 0.250. The van der Waals surface area contributed by atoms with Crippen LogP contribution in [0.2, 0.25) is 0 Å². The summed E-state index contributed by atoms with van der Waals surface area (Å²) < 4.78 is 0. The molecule has 0 amide bonds. The number of nitrogens with two attached hydrogens (primary N) is 1. The normalized spacial score (nSPS) is 12.7. The number of rotatable bonds is 4. The Morgan fingerprint density at radius 2 is 1.69 bits per heavy atom. The fourth-order valence-electron chi connectivity index (χ4n) is 1.13. The molecule has 0 rings (SSSR count). The summed E-state index contributed by atoms with van der Waals surface area (Å²) in [6.07, 6.45) is 2.09. The third kappa shape index (κ3) is 5.60. The first-order valence-electron chi connectivity index (χ1n) is 4.57. The molecular weight excluding hydrogens is 170 g/mol. The fraction of sp³-hybridized carbons (Fsp3) is 0.889. The van der Waals surface area contributed by atoms with E-state index in [1.807, 2.05) is 20.8 Å². The van der Waals surface area contributed by atoms with Gasteiger partial charge in [-0.3, -0.25) is 4.79 Å². The molecule has 0 spiro atoms. The minimum atomic E-state index is -0.352. The van der Waals surface area contributed by atoms with Gasteiger partial charge in [0.1, 0.15) is 0 Å². The van der Waals surface area contributed by atoms with Gasteiger partial charge >= 0.3 is 0 Å². The summed E-state index contributed by atoms with van der Waals surface area (Å²) in [7, 11) is 0. The lowest BCUT2D eigenvalue weighted by atomic mass is 9.86. The van der Waals surface area contributed by atoms with E-state index < -0.39 is 0 Å². The molecule has 4 heteroatoms. The van der Waals surface area contributed by atoms with Gasteiger partial charge in [0.05, 0.1) is 6.10 Å². The molecule has 1 atom stereocenters. The van der Waals surface area contributed by atoms with E-state index in [2.05, 4.69) is 0 Å². The van der Waals surface area contributed by atoms with Gasteiger partial charge in [-0.1, -0.05) is 20.8 Å². The van der Waals surface area contributed by atoms with Crippen LogP contribution in [-0.2, 0) is 4.79 Å². The molecule has 0 aromatic carbocycles. The predicted octanol–water partition coefficient (Wildman–Crippen LogP) is 0.976. The number of hydrogen-bond donors (Lipinski definition) is 3. The summed E-state index contributed by atoms with van der Waals surface area (Å²) in [5, 5.41) is 16.3. The lowest BCUT2D eigenvalue weighted by Gasteiger charge is -2.31. The lowest BCUT2D eigenvalue weighted by molar-refractivity contribution is -0.122. The Bertz CT molecular complexity index is 124. The van der Waals surface area contributed by atoms with Crippen molar-refractivity contribution in [1.29, 1.82) is 0 Å². The lowest BCUT2D eigenvalue weighted by Crippen LogP contribution is -2.49. The molecule has 0 saturated heterocycles. The SMILES string of the molecule is CCC(O)C(N)(CC)CC.O=CO. The van der Waals surface area contributed by atoms with Crippen molar-refractivity contribution in [2.24, 2.45) is 5.73 Å². The maximum absolute atomic E-state index is 9.45. The molecule has 0 aliphatic rings. The van der Waals surface area contributed by atoms with E-state index in [0.29, 0.717) is 0 Å². The molecule has 0 heterocycles. The van der Waals surface area contributed by atoms with E-state index in [9.17, 15) is 5.11 Å². The molecule has 4 nitrogen and oxygen atoms in total. The van der Waals surface area contributed by atoms with Crippen LogP contribution in [0.15, 0.2) is 0 Å². The Balaban J connectivity index is 0. The molecule has 4 N–H and O–H groups in total. The quantitative estimate of drug-likeness (QED) is 0.578. The average molecular weight is 191 g/mol. The van der Waals surface area contributed by atoms with Crippen molar-refractivity contribution in [3.63, 3.8) is 0 Å². The third-order valence-electron chi connectivity index (χ3n) is 2.37. The van der Waals surface area contributed by atoms with Crippen molar-refractivity contribution in [3.8, 4) is 0 Å². The molecule has 0 aliphatic heterocycles. The highest BCUT2D eigenvalue weighted by Crippen LogP contribution is 2.18. The Kier molecular flexibility index (Phi) is 9.17. The summed E-state index contributed by atoms with van der Waals surface area (Å²) in [5.74, 6) is 0. The molecule has 80 valence electrons. The Labute approximate surface area is 79.8 Å². The molecule has 0 aromatic rings. The number of aliphatic hydroxyl groups excluding tert-OH is 1. The number of aliphatic hydroxyl groups is 1. The molecule has 13 heavy (non-hydrogen) atoms. The van der Waals surface area contributed by atoms with Crippen molar-refractivity contribution in [1.82, 2.24) is 0 Å². The summed E-state index contributed by atoms with van der Waals surface area (Å²) in [6.45, 7) is 5.74. The number of carbonyl (C=O) groups is 1. The fourth-order valence-corrected chi connectivity index (χ4v) is 1.13. The smallest absolute Gasteiger partial charge is 0.290 e. The third-order valence-corrected chi connectivity index (χ3v) is 2.37. The standard InChI is InChI=1S/C8H19NO.CH2O2/c1-4-7(10)8(9,5-2)6-3;2-1-3/h7,10H,4-6,9H2,1-3H3;1H,(H,2,3). The largest absolute Gasteiger partial charge is 0.483 e. The zero-order valence-corrected chi connectivity index (χ0v) is 8.66. The minimum Gasteiger partial charge on any atom is -0.483 e. The van der Waals surface area contributed by atoms with Crippen LogP contribution in [-0.4, -0.2) is 28.3 Å². The first kappa shape index (κ1) is 14.9. The van der Waals surface area contributed by atoms with Gasteiger partial charge in [0, 0.05) is 5.54 Å². The van der Waals surface area contributed by atoms with Crippen LogP contribution in [0.3, 0.4) is 0 Å². The zero-order chi connectivity index (χ0) is 10.9. The molecule has 0 aromatic heterocycles. The molecule has 0 fully saturated rings. The van der Waals surface area contributed by atoms with Crippen molar-refractivity contribution >= 4 is 6.47 Å². The second-order valence-corrected chi connectivity index (χ2v) is 2.97. The number of carboxylic acid groups (broad SMARTS) is 1. The van der Waals surface area contributed by atoms with Gasteiger partial charge in [-0.2, -0.15) is 0 Å². The van der Waals surface area contributed by atoms with E-state index in [1.165, 1.54) is 0 Å². The topological polar surface area (TPSA) is 83.5 Å². The molecule has 0 aliphatic carbocycles. The van der Waals surface area contributed by atoms with Gasteiger partial charge in [0.25, 0.3) is 6.47 Å². The highest BCUT2D eigenvalue weighted by atomic mass is 16.3. The Hall–Kier alpha value is -0.610. The highest BCUT2D eigenvalue weighted by Gasteiger charge is 2.27. The van der Waals surface area contributed by atoms with E-state index in [-0.39, 0.29) is 18.1 Å². The van der Waals surface area contributed by atoms with Gasteiger partial charge in [0.15, 0.2) is 0 Å². The number of hydrogen-bond acceptors (Lipinski definition) is 3. The Morgan fingerprint density at radius 3 is 1.77 bits per heavy atom. The van der Waals surface area contributed by atoms with Gasteiger partial charge in [0.2, 0.25) is 0 Å². The summed E-state index contributed by atoms with van der Waals surface area (Å²) in [4.78, 5) is 8.36. The molecule has 0 saturated carbocycles. The van der Waals surface area contributed by atoms with E-state index >= 15 is 0 Å². The second-order valence-electron chi connectivity index (χ2n) is 2.97.